The highest BCUT2D eigenvalue weighted by Gasteiger charge is 2.24. The molecule has 0 saturated heterocycles. The quantitative estimate of drug-likeness (QED) is 0.885. The SMILES string of the molecule is CCS(=O)(=O)N1CCc2ncc(CNc3ccccn3)n2CC1. The van der Waals surface area contributed by atoms with E-state index in [2.05, 4.69) is 19.9 Å². The molecular formula is C15H21N5O2S. The summed E-state index contributed by atoms with van der Waals surface area (Å²) in [6, 6.07) is 5.72. The lowest BCUT2D eigenvalue weighted by molar-refractivity contribution is 0.414. The summed E-state index contributed by atoms with van der Waals surface area (Å²) in [6.07, 6.45) is 4.24. The van der Waals surface area contributed by atoms with Gasteiger partial charge in [0.15, 0.2) is 0 Å². The van der Waals surface area contributed by atoms with E-state index >= 15 is 0 Å². The van der Waals surface area contributed by atoms with Crippen molar-refractivity contribution < 1.29 is 8.42 Å². The first-order chi connectivity index (χ1) is 11.1. The minimum atomic E-state index is -3.14. The van der Waals surface area contributed by atoms with Crippen molar-refractivity contribution in [3.63, 3.8) is 0 Å². The van der Waals surface area contributed by atoms with Crippen LogP contribution >= 0.6 is 0 Å². The van der Waals surface area contributed by atoms with Crippen LogP contribution in [0.15, 0.2) is 30.6 Å². The molecule has 1 N–H and O–H groups in total. The molecule has 0 bridgehead atoms. The molecule has 2 aromatic heterocycles. The number of imidazole rings is 1. The Morgan fingerprint density at radius 2 is 2.09 bits per heavy atom. The van der Waals surface area contributed by atoms with Crippen molar-refractivity contribution in [3.8, 4) is 0 Å². The van der Waals surface area contributed by atoms with E-state index in [9.17, 15) is 8.42 Å². The highest BCUT2D eigenvalue weighted by molar-refractivity contribution is 7.89. The van der Waals surface area contributed by atoms with Crippen LogP contribution in [0.2, 0.25) is 0 Å². The van der Waals surface area contributed by atoms with Gasteiger partial charge in [0.25, 0.3) is 0 Å². The van der Waals surface area contributed by atoms with Gasteiger partial charge in [0.1, 0.15) is 11.6 Å². The molecule has 8 heteroatoms. The first kappa shape index (κ1) is 15.9. The maximum Gasteiger partial charge on any atom is 0.213 e. The molecule has 0 unspecified atom stereocenters. The van der Waals surface area contributed by atoms with Crippen molar-refractivity contribution in [2.24, 2.45) is 0 Å². The molecule has 3 rings (SSSR count). The number of sulfonamides is 1. The van der Waals surface area contributed by atoms with Gasteiger partial charge in [0.05, 0.1) is 24.2 Å². The lowest BCUT2D eigenvalue weighted by atomic mass is 10.4. The van der Waals surface area contributed by atoms with Gasteiger partial charge in [0.2, 0.25) is 10.0 Å². The van der Waals surface area contributed by atoms with Crippen LogP contribution in [0.5, 0.6) is 0 Å². The van der Waals surface area contributed by atoms with Gasteiger partial charge < -0.3 is 9.88 Å². The maximum atomic E-state index is 12.1. The lowest BCUT2D eigenvalue weighted by Crippen LogP contribution is -2.34. The van der Waals surface area contributed by atoms with Crippen molar-refractivity contribution in [1.82, 2.24) is 18.8 Å². The summed E-state index contributed by atoms with van der Waals surface area (Å²) in [7, 11) is -3.14. The van der Waals surface area contributed by atoms with Gasteiger partial charge in [-0.3, -0.25) is 0 Å². The molecule has 0 radical (unpaired) electrons. The smallest absolute Gasteiger partial charge is 0.213 e. The highest BCUT2D eigenvalue weighted by Crippen LogP contribution is 2.15. The molecular weight excluding hydrogens is 314 g/mol. The molecule has 0 aliphatic carbocycles. The summed E-state index contributed by atoms with van der Waals surface area (Å²) in [6.45, 7) is 3.93. The Hall–Kier alpha value is -1.93. The van der Waals surface area contributed by atoms with E-state index < -0.39 is 10.0 Å². The van der Waals surface area contributed by atoms with Crippen LogP contribution in [0.3, 0.4) is 0 Å². The van der Waals surface area contributed by atoms with Gasteiger partial charge >= 0.3 is 0 Å². The monoisotopic (exact) mass is 335 g/mol. The molecule has 124 valence electrons. The second-order valence-electron chi connectivity index (χ2n) is 5.44. The molecule has 1 aliphatic heterocycles. The number of nitrogens with zero attached hydrogens (tertiary/aromatic N) is 4. The second-order valence-corrected chi connectivity index (χ2v) is 7.69. The van der Waals surface area contributed by atoms with Crippen LogP contribution in [0.4, 0.5) is 5.82 Å². The van der Waals surface area contributed by atoms with Crippen molar-refractivity contribution in [2.75, 3.05) is 24.2 Å². The predicted molar refractivity (Wildman–Crippen MR) is 88.5 cm³/mol. The first-order valence-electron chi connectivity index (χ1n) is 7.76. The Morgan fingerprint density at radius 1 is 1.22 bits per heavy atom. The molecule has 7 nitrogen and oxygen atoms in total. The largest absolute Gasteiger partial charge is 0.364 e. The minimum Gasteiger partial charge on any atom is -0.364 e. The van der Waals surface area contributed by atoms with E-state index in [-0.39, 0.29) is 5.75 Å². The number of hydrogen-bond donors (Lipinski definition) is 1. The Morgan fingerprint density at radius 3 is 2.83 bits per heavy atom. The van der Waals surface area contributed by atoms with E-state index in [1.165, 1.54) is 0 Å². The van der Waals surface area contributed by atoms with E-state index in [4.69, 9.17) is 0 Å². The molecule has 1 aliphatic rings. The van der Waals surface area contributed by atoms with Gasteiger partial charge in [-0.05, 0) is 19.1 Å². The van der Waals surface area contributed by atoms with Crippen molar-refractivity contribution >= 4 is 15.8 Å². The van der Waals surface area contributed by atoms with Gasteiger partial charge in [-0.25, -0.2) is 18.4 Å². The summed E-state index contributed by atoms with van der Waals surface area (Å²) in [5.74, 6) is 1.90. The van der Waals surface area contributed by atoms with Gasteiger partial charge in [-0.15, -0.1) is 0 Å². The van der Waals surface area contributed by atoms with E-state index in [1.54, 1.807) is 17.4 Å². The average molecular weight is 335 g/mol. The molecule has 0 fully saturated rings. The third-order valence-electron chi connectivity index (χ3n) is 4.05. The third kappa shape index (κ3) is 3.53. The molecule has 0 atom stereocenters. The van der Waals surface area contributed by atoms with Gasteiger partial charge in [-0.2, -0.15) is 4.31 Å². The molecule has 3 heterocycles. The average Bonchev–Trinajstić information content (AvgIpc) is 2.82. The van der Waals surface area contributed by atoms with Gasteiger partial charge in [0, 0.05) is 32.3 Å². The number of rotatable bonds is 5. The van der Waals surface area contributed by atoms with E-state index in [1.807, 2.05) is 24.4 Å². The zero-order valence-corrected chi connectivity index (χ0v) is 14.0. The normalized spacial score (nSPS) is 15.9. The Balaban J connectivity index is 1.70. The second kappa shape index (κ2) is 6.67. The fourth-order valence-electron chi connectivity index (χ4n) is 2.72. The number of anilines is 1. The van der Waals surface area contributed by atoms with E-state index in [0.717, 1.165) is 17.3 Å². The van der Waals surface area contributed by atoms with Crippen molar-refractivity contribution in [2.45, 2.75) is 26.4 Å². The number of aromatic nitrogens is 3. The van der Waals surface area contributed by atoms with Crippen LogP contribution in [0, 0.1) is 0 Å². The number of hydrogen-bond acceptors (Lipinski definition) is 5. The fourth-order valence-corrected chi connectivity index (χ4v) is 3.82. The first-order valence-corrected chi connectivity index (χ1v) is 9.37. The molecule has 2 aromatic rings. The number of nitrogens with one attached hydrogen (secondary N) is 1. The van der Waals surface area contributed by atoms with E-state index in [0.29, 0.717) is 32.6 Å². The summed E-state index contributed by atoms with van der Waals surface area (Å²) in [5, 5.41) is 3.27. The third-order valence-corrected chi connectivity index (χ3v) is 5.93. The standard InChI is InChI=1S/C15H21N5O2S/c1-2-23(21,22)19-8-6-15-18-12-13(20(15)10-9-19)11-17-14-5-3-4-7-16-14/h3-5,7,12H,2,6,8-11H2,1H3,(H,16,17). The molecule has 0 saturated carbocycles. The molecule has 0 spiro atoms. The zero-order valence-electron chi connectivity index (χ0n) is 13.1. The lowest BCUT2D eigenvalue weighted by Gasteiger charge is -2.18. The van der Waals surface area contributed by atoms with Crippen LogP contribution in [-0.2, 0) is 29.5 Å². The van der Waals surface area contributed by atoms with Gasteiger partial charge in [-0.1, -0.05) is 6.07 Å². The minimum absolute atomic E-state index is 0.142. The van der Waals surface area contributed by atoms with Crippen molar-refractivity contribution in [3.05, 3.63) is 42.1 Å². The fraction of sp³-hybridized carbons (Fsp3) is 0.467. The molecule has 0 amide bonds. The van der Waals surface area contributed by atoms with Crippen molar-refractivity contribution in [1.29, 1.82) is 0 Å². The Kier molecular flexibility index (Phi) is 4.63. The summed E-state index contributed by atoms with van der Waals surface area (Å²) < 4.78 is 27.8. The van der Waals surface area contributed by atoms with Crippen LogP contribution in [0.1, 0.15) is 18.4 Å². The number of fused-ring (bicyclic) bond motifs is 1. The maximum absolute atomic E-state index is 12.1. The topological polar surface area (TPSA) is 80.1 Å². The Bertz CT molecular complexity index is 757. The number of pyridine rings is 1. The van der Waals surface area contributed by atoms with Crippen LogP contribution in [0.25, 0.3) is 0 Å². The summed E-state index contributed by atoms with van der Waals surface area (Å²) in [5.41, 5.74) is 1.04. The van der Waals surface area contributed by atoms with Crippen LogP contribution < -0.4 is 5.32 Å². The summed E-state index contributed by atoms with van der Waals surface area (Å²) in [4.78, 5) is 8.69. The van der Waals surface area contributed by atoms with Crippen LogP contribution in [-0.4, -0.2) is 46.1 Å². The Labute approximate surface area is 136 Å². The summed E-state index contributed by atoms with van der Waals surface area (Å²) >= 11 is 0. The zero-order chi connectivity index (χ0) is 16.3. The molecule has 23 heavy (non-hydrogen) atoms. The highest BCUT2D eigenvalue weighted by atomic mass is 32.2. The predicted octanol–water partition coefficient (Wildman–Crippen LogP) is 1.10. The molecule has 0 aromatic carbocycles.